The first kappa shape index (κ1) is 17.4. The number of carbonyl (C=O) groups is 3. The van der Waals surface area contributed by atoms with Gasteiger partial charge in [0.1, 0.15) is 6.10 Å². The number of rotatable bonds is 8. The zero-order valence-corrected chi connectivity index (χ0v) is 11.4. The molecule has 2 unspecified atom stereocenters. The maximum atomic E-state index is 11.3. The summed E-state index contributed by atoms with van der Waals surface area (Å²) in [5, 5.41) is 8.97. The molecule has 0 aromatic rings. The van der Waals surface area contributed by atoms with Crippen LogP contribution in [0.3, 0.4) is 0 Å². The molecule has 7 heteroatoms. The normalized spacial score (nSPS) is 13.3. The van der Waals surface area contributed by atoms with E-state index in [4.69, 9.17) is 9.84 Å². The van der Waals surface area contributed by atoms with Gasteiger partial charge in [-0.25, -0.2) is 4.79 Å². The number of ether oxygens (including phenoxy) is 3. The van der Waals surface area contributed by atoms with Crippen LogP contribution in [0.15, 0.2) is 0 Å². The lowest BCUT2D eigenvalue weighted by molar-refractivity contribution is -0.162. The first-order chi connectivity index (χ1) is 8.85. The zero-order chi connectivity index (χ0) is 14.8. The summed E-state index contributed by atoms with van der Waals surface area (Å²) in [6.07, 6.45) is -1.77. The van der Waals surface area contributed by atoms with Crippen LogP contribution in [0.1, 0.15) is 33.6 Å². The van der Waals surface area contributed by atoms with Crippen molar-refractivity contribution < 1.29 is 33.7 Å². The minimum absolute atomic E-state index is 0.137. The lowest BCUT2D eigenvalue weighted by Crippen LogP contribution is -2.23. The molecule has 110 valence electrons. The van der Waals surface area contributed by atoms with E-state index in [-0.39, 0.29) is 19.4 Å². The predicted molar refractivity (Wildman–Crippen MR) is 64.1 cm³/mol. The molecule has 0 aliphatic rings. The van der Waals surface area contributed by atoms with Crippen LogP contribution in [0, 0.1) is 0 Å². The Morgan fingerprint density at radius 3 is 2.16 bits per heavy atom. The van der Waals surface area contributed by atoms with Crippen molar-refractivity contribution in [2.24, 2.45) is 0 Å². The summed E-state index contributed by atoms with van der Waals surface area (Å²) in [5.74, 6) is -1.89. The van der Waals surface area contributed by atoms with Gasteiger partial charge in [-0.15, -0.1) is 0 Å². The highest BCUT2D eigenvalue weighted by atomic mass is 16.6. The molecule has 0 saturated heterocycles. The minimum atomic E-state index is -0.796. The average molecular weight is 276 g/mol. The second-order valence-corrected chi connectivity index (χ2v) is 4.02. The second-order valence-electron chi connectivity index (χ2n) is 4.02. The van der Waals surface area contributed by atoms with Crippen LogP contribution in [0.5, 0.6) is 0 Å². The van der Waals surface area contributed by atoms with Crippen LogP contribution in [0.4, 0.5) is 0 Å². The number of esters is 3. The molecule has 0 rings (SSSR count). The van der Waals surface area contributed by atoms with Gasteiger partial charge in [0.15, 0.2) is 6.61 Å². The van der Waals surface area contributed by atoms with Crippen molar-refractivity contribution in [2.75, 3.05) is 13.2 Å². The molecule has 0 amide bonds. The standard InChI is InChI=1S/C12H20O7/c1-4-17-12(16)7-18-10(14)6-9(3)19-11(15)5-8(2)13/h8-9,13H,4-7H2,1-3H3. The van der Waals surface area contributed by atoms with Crippen molar-refractivity contribution in [3.05, 3.63) is 0 Å². The van der Waals surface area contributed by atoms with Gasteiger partial charge in [0.2, 0.25) is 0 Å². The van der Waals surface area contributed by atoms with E-state index in [1.54, 1.807) is 6.92 Å². The molecule has 2 atom stereocenters. The summed E-state index contributed by atoms with van der Waals surface area (Å²) in [5.41, 5.74) is 0. The molecule has 0 radical (unpaired) electrons. The van der Waals surface area contributed by atoms with Crippen molar-refractivity contribution in [3.8, 4) is 0 Å². The van der Waals surface area contributed by atoms with Gasteiger partial charge in [-0.3, -0.25) is 9.59 Å². The Morgan fingerprint density at radius 2 is 1.63 bits per heavy atom. The van der Waals surface area contributed by atoms with E-state index in [1.165, 1.54) is 13.8 Å². The van der Waals surface area contributed by atoms with Gasteiger partial charge in [-0.1, -0.05) is 0 Å². The zero-order valence-electron chi connectivity index (χ0n) is 11.4. The third-order valence-corrected chi connectivity index (χ3v) is 1.91. The van der Waals surface area contributed by atoms with E-state index in [0.29, 0.717) is 0 Å². The van der Waals surface area contributed by atoms with E-state index in [2.05, 4.69) is 9.47 Å². The highest BCUT2D eigenvalue weighted by Crippen LogP contribution is 2.03. The number of hydrogen-bond donors (Lipinski definition) is 1. The van der Waals surface area contributed by atoms with E-state index in [0.717, 1.165) is 0 Å². The first-order valence-corrected chi connectivity index (χ1v) is 6.03. The quantitative estimate of drug-likeness (QED) is 0.499. The molecule has 1 N–H and O–H groups in total. The Kier molecular flexibility index (Phi) is 8.52. The van der Waals surface area contributed by atoms with Crippen molar-refractivity contribution >= 4 is 17.9 Å². The van der Waals surface area contributed by atoms with E-state index in [1.807, 2.05) is 0 Å². The highest BCUT2D eigenvalue weighted by Gasteiger charge is 2.17. The van der Waals surface area contributed by atoms with Crippen LogP contribution >= 0.6 is 0 Å². The monoisotopic (exact) mass is 276 g/mol. The van der Waals surface area contributed by atoms with Gasteiger partial charge in [-0.2, -0.15) is 0 Å². The summed E-state index contributed by atoms with van der Waals surface area (Å²) in [6, 6.07) is 0. The molecule has 0 saturated carbocycles. The lowest BCUT2D eigenvalue weighted by atomic mass is 10.2. The number of aliphatic hydroxyl groups excluding tert-OH is 1. The van der Waals surface area contributed by atoms with Crippen LogP contribution in [-0.2, 0) is 28.6 Å². The molecule has 19 heavy (non-hydrogen) atoms. The molecule has 0 aliphatic carbocycles. The molecule has 0 aliphatic heterocycles. The molecule has 7 nitrogen and oxygen atoms in total. The maximum absolute atomic E-state index is 11.3. The predicted octanol–water partition coefficient (Wildman–Crippen LogP) is 0.185. The Hall–Kier alpha value is -1.63. The third kappa shape index (κ3) is 10.0. The summed E-state index contributed by atoms with van der Waals surface area (Å²) in [6.45, 7) is 4.37. The van der Waals surface area contributed by atoms with Gasteiger partial charge < -0.3 is 19.3 Å². The fourth-order valence-electron chi connectivity index (χ4n) is 1.19. The summed E-state index contributed by atoms with van der Waals surface area (Å²) < 4.78 is 14.1. The van der Waals surface area contributed by atoms with Gasteiger partial charge in [0.05, 0.1) is 25.6 Å². The first-order valence-electron chi connectivity index (χ1n) is 6.03. The molecular formula is C12H20O7. The fourth-order valence-corrected chi connectivity index (χ4v) is 1.19. The molecule has 0 bridgehead atoms. The number of aliphatic hydroxyl groups is 1. The largest absolute Gasteiger partial charge is 0.463 e. The topological polar surface area (TPSA) is 99.1 Å². The van der Waals surface area contributed by atoms with E-state index >= 15 is 0 Å². The second kappa shape index (κ2) is 9.32. The molecule has 0 spiro atoms. The van der Waals surface area contributed by atoms with Gasteiger partial charge in [-0.05, 0) is 20.8 Å². The fraction of sp³-hybridized carbons (Fsp3) is 0.750. The van der Waals surface area contributed by atoms with E-state index < -0.39 is 36.7 Å². The number of hydrogen-bond acceptors (Lipinski definition) is 7. The molecule has 0 aromatic carbocycles. The Bertz CT molecular complexity index is 311. The summed E-state index contributed by atoms with van der Waals surface area (Å²) >= 11 is 0. The lowest BCUT2D eigenvalue weighted by Gasteiger charge is -2.13. The average Bonchev–Trinajstić information content (AvgIpc) is 2.25. The highest BCUT2D eigenvalue weighted by molar-refractivity contribution is 5.77. The van der Waals surface area contributed by atoms with Crippen molar-refractivity contribution in [1.29, 1.82) is 0 Å². The maximum Gasteiger partial charge on any atom is 0.344 e. The molecular weight excluding hydrogens is 256 g/mol. The van der Waals surface area contributed by atoms with Crippen LogP contribution in [-0.4, -0.2) is 48.4 Å². The van der Waals surface area contributed by atoms with Crippen molar-refractivity contribution in [2.45, 2.75) is 45.8 Å². The van der Waals surface area contributed by atoms with Crippen LogP contribution < -0.4 is 0 Å². The van der Waals surface area contributed by atoms with Crippen LogP contribution in [0.25, 0.3) is 0 Å². The van der Waals surface area contributed by atoms with Crippen LogP contribution in [0.2, 0.25) is 0 Å². The van der Waals surface area contributed by atoms with Crippen molar-refractivity contribution in [1.82, 2.24) is 0 Å². The van der Waals surface area contributed by atoms with Gasteiger partial charge in [0, 0.05) is 0 Å². The molecule has 0 aromatic heterocycles. The Morgan fingerprint density at radius 1 is 1.00 bits per heavy atom. The van der Waals surface area contributed by atoms with Gasteiger partial charge in [0.25, 0.3) is 0 Å². The molecule has 0 heterocycles. The smallest absolute Gasteiger partial charge is 0.344 e. The SMILES string of the molecule is CCOC(=O)COC(=O)CC(C)OC(=O)CC(C)O. The van der Waals surface area contributed by atoms with Gasteiger partial charge >= 0.3 is 17.9 Å². The minimum Gasteiger partial charge on any atom is -0.463 e. The van der Waals surface area contributed by atoms with E-state index in [9.17, 15) is 14.4 Å². The summed E-state index contributed by atoms with van der Waals surface area (Å²) in [7, 11) is 0. The van der Waals surface area contributed by atoms with Crippen molar-refractivity contribution in [3.63, 3.8) is 0 Å². The molecule has 0 fully saturated rings. The summed E-state index contributed by atoms with van der Waals surface area (Å²) in [4.78, 5) is 33.4. The Balaban J connectivity index is 3.86. The Labute approximate surface area is 111 Å². The third-order valence-electron chi connectivity index (χ3n) is 1.91. The number of carbonyl (C=O) groups excluding carboxylic acids is 3.